The molecule has 0 aliphatic carbocycles. The Kier molecular flexibility index (Phi) is 4.64. The Morgan fingerprint density at radius 2 is 1.88 bits per heavy atom. The summed E-state index contributed by atoms with van der Waals surface area (Å²) in [5.74, 6) is -0.439. The van der Waals surface area contributed by atoms with E-state index < -0.39 is 0 Å². The van der Waals surface area contributed by atoms with Crippen LogP contribution in [0.1, 0.15) is 30.6 Å². The molecular formula is C14H17NO2. The average molecular weight is 231 g/mol. The average Bonchev–Trinajstić information content (AvgIpc) is 2.29. The zero-order valence-electron chi connectivity index (χ0n) is 10.2. The molecule has 1 atom stereocenters. The highest BCUT2D eigenvalue weighted by molar-refractivity contribution is 6.07. The Morgan fingerprint density at radius 3 is 2.41 bits per heavy atom. The number of hydrogen-bond donors (Lipinski definition) is 1. The topological polar surface area (TPSA) is 46.2 Å². The molecule has 0 heterocycles. The number of carbonyl (C=O) groups excluding carboxylic acids is 2. The van der Waals surface area contributed by atoms with Crippen molar-refractivity contribution in [3.8, 4) is 0 Å². The predicted molar refractivity (Wildman–Crippen MR) is 67.8 cm³/mol. The van der Waals surface area contributed by atoms with Crippen molar-refractivity contribution in [3.05, 3.63) is 48.0 Å². The summed E-state index contributed by atoms with van der Waals surface area (Å²) in [4.78, 5) is 23.3. The Hall–Kier alpha value is -1.90. The molecule has 0 aliphatic rings. The number of rotatable bonds is 5. The quantitative estimate of drug-likeness (QED) is 0.480. The molecule has 3 heteroatoms. The molecule has 1 aromatic rings. The molecule has 1 rings (SSSR count). The molecule has 0 saturated heterocycles. The summed E-state index contributed by atoms with van der Waals surface area (Å²) < 4.78 is 0. The van der Waals surface area contributed by atoms with Gasteiger partial charge in [0.2, 0.25) is 5.91 Å². The zero-order valence-corrected chi connectivity index (χ0v) is 10.2. The molecule has 0 spiro atoms. The van der Waals surface area contributed by atoms with Crippen molar-refractivity contribution >= 4 is 11.7 Å². The van der Waals surface area contributed by atoms with Gasteiger partial charge in [-0.15, -0.1) is 0 Å². The number of nitrogens with one attached hydrogen (secondary N) is 1. The van der Waals surface area contributed by atoms with Gasteiger partial charge in [0.05, 0.1) is 6.42 Å². The molecule has 0 aromatic heterocycles. The molecule has 0 bridgehead atoms. The predicted octanol–water partition coefficient (Wildman–Crippen LogP) is 2.34. The van der Waals surface area contributed by atoms with Crippen LogP contribution in [0.3, 0.4) is 0 Å². The van der Waals surface area contributed by atoms with Crippen molar-refractivity contribution in [2.45, 2.75) is 26.3 Å². The summed E-state index contributed by atoms with van der Waals surface area (Å²) in [6.45, 7) is 7.42. The Bertz CT molecular complexity index is 423. The minimum atomic E-state index is -0.269. The van der Waals surface area contributed by atoms with E-state index in [9.17, 15) is 9.59 Å². The van der Waals surface area contributed by atoms with E-state index in [-0.39, 0.29) is 24.2 Å². The fraction of sp³-hybridized carbons (Fsp3) is 0.286. The first-order valence-corrected chi connectivity index (χ1v) is 5.53. The van der Waals surface area contributed by atoms with Crippen LogP contribution in [0.4, 0.5) is 0 Å². The largest absolute Gasteiger partial charge is 0.350 e. The van der Waals surface area contributed by atoms with Crippen molar-refractivity contribution in [1.82, 2.24) is 5.32 Å². The number of hydrogen-bond acceptors (Lipinski definition) is 2. The minimum Gasteiger partial charge on any atom is -0.350 e. The summed E-state index contributed by atoms with van der Waals surface area (Å²) in [7, 11) is 0. The SMILES string of the molecule is C=C(C)C(C)NC(=O)CC(=O)c1ccccc1. The number of ketones is 1. The standard InChI is InChI=1S/C14H17NO2/c1-10(2)11(3)15-14(17)9-13(16)12-7-5-4-6-8-12/h4-8,11H,1,9H2,2-3H3,(H,15,17). The first-order chi connectivity index (χ1) is 8.00. The lowest BCUT2D eigenvalue weighted by Gasteiger charge is -2.13. The molecule has 3 nitrogen and oxygen atoms in total. The van der Waals surface area contributed by atoms with Gasteiger partial charge in [0.25, 0.3) is 0 Å². The maximum atomic E-state index is 11.7. The Balaban J connectivity index is 2.53. The van der Waals surface area contributed by atoms with Crippen LogP contribution in [0.25, 0.3) is 0 Å². The lowest BCUT2D eigenvalue weighted by Crippen LogP contribution is -2.34. The first kappa shape index (κ1) is 13.2. The van der Waals surface area contributed by atoms with Crippen LogP contribution < -0.4 is 5.32 Å². The smallest absolute Gasteiger partial charge is 0.228 e. The normalized spacial score (nSPS) is 11.6. The molecule has 0 aliphatic heterocycles. The van der Waals surface area contributed by atoms with Gasteiger partial charge in [0, 0.05) is 11.6 Å². The van der Waals surface area contributed by atoms with Gasteiger partial charge in [-0.05, 0) is 13.8 Å². The maximum Gasteiger partial charge on any atom is 0.228 e. The second-order valence-electron chi connectivity index (χ2n) is 4.10. The highest BCUT2D eigenvalue weighted by Crippen LogP contribution is 2.04. The second kappa shape index (κ2) is 5.99. The lowest BCUT2D eigenvalue weighted by atomic mass is 10.1. The number of carbonyl (C=O) groups is 2. The molecule has 0 fully saturated rings. The van der Waals surface area contributed by atoms with Gasteiger partial charge < -0.3 is 5.32 Å². The van der Waals surface area contributed by atoms with E-state index in [2.05, 4.69) is 11.9 Å². The molecular weight excluding hydrogens is 214 g/mol. The Morgan fingerprint density at radius 1 is 1.29 bits per heavy atom. The minimum absolute atomic E-state index is 0.105. The van der Waals surface area contributed by atoms with Crippen molar-refractivity contribution < 1.29 is 9.59 Å². The molecule has 0 saturated carbocycles. The molecule has 90 valence electrons. The van der Waals surface area contributed by atoms with E-state index >= 15 is 0 Å². The molecule has 0 radical (unpaired) electrons. The first-order valence-electron chi connectivity index (χ1n) is 5.53. The monoisotopic (exact) mass is 231 g/mol. The third-order valence-electron chi connectivity index (χ3n) is 2.53. The molecule has 1 amide bonds. The van der Waals surface area contributed by atoms with Crippen LogP contribution in [-0.2, 0) is 4.79 Å². The maximum absolute atomic E-state index is 11.7. The van der Waals surface area contributed by atoms with Gasteiger partial charge in [0.15, 0.2) is 5.78 Å². The van der Waals surface area contributed by atoms with Crippen LogP contribution in [0.15, 0.2) is 42.5 Å². The van der Waals surface area contributed by atoms with E-state index in [1.54, 1.807) is 24.3 Å². The summed E-state index contributed by atoms with van der Waals surface area (Å²) >= 11 is 0. The fourth-order valence-corrected chi connectivity index (χ4v) is 1.29. The van der Waals surface area contributed by atoms with Gasteiger partial charge >= 0.3 is 0 Å². The van der Waals surface area contributed by atoms with Gasteiger partial charge in [-0.2, -0.15) is 0 Å². The van der Waals surface area contributed by atoms with E-state index in [0.29, 0.717) is 5.56 Å². The summed E-state index contributed by atoms with van der Waals surface area (Å²) in [5.41, 5.74) is 1.43. The van der Waals surface area contributed by atoms with Crippen LogP contribution >= 0.6 is 0 Å². The second-order valence-corrected chi connectivity index (χ2v) is 4.10. The Labute approximate surface area is 102 Å². The van der Waals surface area contributed by atoms with E-state index in [1.807, 2.05) is 19.9 Å². The van der Waals surface area contributed by atoms with E-state index in [1.165, 1.54) is 0 Å². The fourth-order valence-electron chi connectivity index (χ4n) is 1.29. The van der Waals surface area contributed by atoms with Gasteiger partial charge in [-0.1, -0.05) is 42.5 Å². The van der Waals surface area contributed by atoms with E-state index in [0.717, 1.165) is 5.57 Å². The number of benzene rings is 1. The van der Waals surface area contributed by atoms with E-state index in [4.69, 9.17) is 0 Å². The molecule has 1 aromatic carbocycles. The summed E-state index contributed by atoms with van der Waals surface area (Å²) in [6.07, 6.45) is -0.123. The third kappa shape index (κ3) is 4.23. The lowest BCUT2D eigenvalue weighted by molar-refractivity contribution is -0.120. The van der Waals surface area contributed by atoms with Gasteiger partial charge in [-0.25, -0.2) is 0 Å². The summed E-state index contributed by atoms with van der Waals surface area (Å²) in [5, 5.41) is 2.72. The van der Waals surface area contributed by atoms with Crippen LogP contribution in [0.5, 0.6) is 0 Å². The van der Waals surface area contributed by atoms with Crippen molar-refractivity contribution in [1.29, 1.82) is 0 Å². The third-order valence-corrected chi connectivity index (χ3v) is 2.53. The highest BCUT2D eigenvalue weighted by Gasteiger charge is 2.13. The molecule has 1 N–H and O–H groups in total. The van der Waals surface area contributed by atoms with Crippen LogP contribution in [-0.4, -0.2) is 17.7 Å². The molecule has 17 heavy (non-hydrogen) atoms. The van der Waals surface area contributed by atoms with Gasteiger partial charge in [-0.3, -0.25) is 9.59 Å². The van der Waals surface area contributed by atoms with Crippen LogP contribution in [0, 0.1) is 0 Å². The number of amides is 1. The van der Waals surface area contributed by atoms with Crippen molar-refractivity contribution in [3.63, 3.8) is 0 Å². The zero-order chi connectivity index (χ0) is 12.8. The summed E-state index contributed by atoms with van der Waals surface area (Å²) in [6, 6.07) is 8.70. The number of Topliss-reactive ketones (excluding diaryl/α,β-unsaturated/α-hetero) is 1. The molecule has 1 unspecified atom stereocenters. The van der Waals surface area contributed by atoms with Crippen LogP contribution in [0.2, 0.25) is 0 Å². The highest BCUT2D eigenvalue weighted by atomic mass is 16.2. The van der Waals surface area contributed by atoms with Crippen molar-refractivity contribution in [2.75, 3.05) is 0 Å². The van der Waals surface area contributed by atoms with Crippen molar-refractivity contribution in [2.24, 2.45) is 0 Å². The van der Waals surface area contributed by atoms with Gasteiger partial charge in [0.1, 0.15) is 0 Å².